The second-order valence-corrected chi connectivity index (χ2v) is 8.33. The topological polar surface area (TPSA) is 105 Å². The first kappa shape index (κ1) is 21.9. The molecule has 3 aromatic rings. The van der Waals surface area contributed by atoms with Crippen molar-refractivity contribution in [3.8, 4) is 0 Å². The molecule has 8 nitrogen and oxygen atoms in total. The minimum Gasteiger partial charge on any atom is -0.322 e. The summed E-state index contributed by atoms with van der Waals surface area (Å²) in [6, 6.07) is 13.4. The summed E-state index contributed by atoms with van der Waals surface area (Å²) >= 11 is 12.7. The van der Waals surface area contributed by atoms with Gasteiger partial charge in [-0.3, -0.25) is 14.9 Å². The standard InChI is InChI=1S/C22H19Cl2N5O3/c1-12-17(18(24)29(28-12)11-13-6-3-4-9-16(13)23)19(30)25-15-8-5-7-14(10-15)22(2)20(31)26-21(32)27-22/h3-10H,11H2,1-2H3,(H,25,30)(H2,26,27,31,32). The highest BCUT2D eigenvalue weighted by atomic mass is 35.5. The van der Waals surface area contributed by atoms with E-state index in [1.165, 1.54) is 4.68 Å². The molecule has 2 aromatic carbocycles. The predicted octanol–water partition coefficient (Wildman–Crippen LogP) is 3.85. The monoisotopic (exact) mass is 471 g/mol. The smallest absolute Gasteiger partial charge is 0.322 e. The van der Waals surface area contributed by atoms with E-state index in [0.29, 0.717) is 28.5 Å². The number of hydrogen-bond donors (Lipinski definition) is 3. The van der Waals surface area contributed by atoms with Crippen molar-refractivity contribution in [3.05, 3.63) is 81.1 Å². The number of hydrogen-bond acceptors (Lipinski definition) is 4. The molecule has 0 spiro atoms. The van der Waals surface area contributed by atoms with Crippen LogP contribution < -0.4 is 16.0 Å². The molecule has 32 heavy (non-hydrogen) atoms. The Balaban J connectivity index is 1.58. The van der Waals surface area contributed by atoms with Crippen LogP contribution in [0.2, 0.25) is 10.2 Å². The number of carbonyl (C=O) groups excluding carboxylic acids is 3. The summed E-state index contributed by atoms with van der Waals surface area (Å²) < 4.78 is 1.52. The van der Waals surface area contributed by atoms with Crippen molar-refractivity contribution in [2.45, 2.75) is 25.9 Å². The number of imide groups is 1. The summed E-state index contributed by atoms with van der Waals surface area (Å²) in [6.07, 6.45) is 0. The van der Waals surface area contributed by atoms with Crippen LogP contribution in [0.4, 0.5) is 10.5 Å². The lowest BCUT2D eigenvalue weighted by atomic mass is 9.92. The van der Waals surface area contributed by atoms with Crippen LogP contribution in [0.3, 0.4) is 0 Å². The van der Waals surface area contributed by atoms with E-state index in [-0.39, 0.29) is 10.7 Å². The largest absolute Gasteiger partial charge is 0.322 e. The molecule has 10 heteroatoms. The molecule has 0 bridgehead atoms. The molecule has 1 aromatic heterocycles. The molecule has 1 saturated heterocycles. The summed E-state index contributed by atoms with van der Waals surface area (Å²) in [5.41, 5.74) is 1.26. The van der Waals surface area contributed by atoms with Gasteiger partial charge in [0.25, 0.3) is 11.8 Å². The van der Waals surface area contributed by atoms with Gasteiger partial charge in [0, 0.05) is 10.7 Å². The summed E-state index contributed by atoms with van der Waals surface area (Å²) in [6.45, 7) is 3.60. The first-order valence-electron chi connectivity index (χ1n) is 9.71. The number of aryl methyl sites for hydroxylation is 1. The van der Waals surface area contributed by atoms with Gasteiger partial charge in [0.1, 0.15) is 10.7 Å². The second-order valence-electron chi connectivity index (χ2n) is 7.57. The second kappa shape index (κ2) is 8.29. The predicted molar refractivity (Wildman–Crippen MR) is 121 cm³/mol. The number of rotatable bonds is 5. The van der Waals surface area contributed by atoms with Crippen molar-refractivity contribution in [2.75, 3.05) is 5.32 Å². The molecule has 1 atom stereocenters. The van der Waals surface area contributed by atoms with Gasteiger partial charge in [-0.15, -0.1) is 0 Å². The molecule has 0 aliphatic carbocycles. The van der Waals surface area contributed by atoms with Crippen molar-refractivity contribution in [2.24, 2.45) is 0 Å². The van der Waals surface area contributed by atoms with Gasteiger partial charge in [0.05, 0.1) is 17.8 Å². The number of aromatic nitrogens is 2. The van der Waals surface area contributed by atoms with Gasteiger partial charge < -0.3 is 10.6 Å². The van der Waals surface area contributed by atoms with Crippen LogP contribution >= 0.6 is 23.2 Å². The number of nitrogens with one attached hydrogen (secondary N) is 3. The van der Waals surface area contributed by atoms with E-state index >= 15 is 0 Å². The maximum atomic E-state index is 13.0. The van der Waals surface area contributed by atoms with Crippen LogP contribution in [-0.2, 0) is 16.9 Å². The third-order valence-corrected chi connectivity index (χ3v) is 6.07. The molecule has 1 fully saturated rings. The van der Waals surface area contributed by atoms with Crippen LogP contribution in [0.1, 0.15) is 34.1 Å². The van der Waals surface area contributed by atoms with Crippen LogP contribution in [-0.4, -0.2) is 27.6 Å². The van der Waals surface area contributed by atoms with E-state index in [2.05, 4.69) is 21.0 Å². The molecule has 2 heterocycles. The number of urea groups is 1. The highest BCUT2D eigenvalue weighted by Crippen LogP contribution is 2.28. The van der Waals surface area contributed by atoms with Crippen molar-refractivity contribution in [3.63, 3.8) is 0 Å². The average molecular weight is 472 g/mol. The van der Waals surface area contributed by atoms with Crippen LogP contribution in [0.15, 0.2) is 48.5 Å². The first-order valence-corrected chi connectivity index (χ1v) is 10.5. The zero-order valence-electron chi connectivity index (χ0n) is 17.2. The fraction of sp³-hybridized carbons (Fsp3) is 0.182. The fourth-order valence-corrected chi connectivity index (χ4v) is 4.07. The lowest BCUT2D eigenvalue weighted by molar-refractivity contribution is -0.123. The van der Waals surface area contributed by atoms with Gasteiger partial charge >= 0.3 is 6.03 Å². The van der Waals surface area contributed by atoms with Gasteiger partial charge in [-0.1, -0.05) is 53.5 Å². The van der Waals surface area contributed by atoms with Crippen molar-refractivity contribution >= 4 is 46.7 Å². The summed E-state index contributed by atoms with van der Waals surface area (Å²) in [7, 11) is 0. The average Bonchev–Trinajstić information content (AvgIpc) is 3.17. The van der Waals surface area contributed by atoms with Gasteiger partial charge in [0.2, 0.25) is 0 Å². The SMILES string of the molecule is Cc1nn(Cc2ccccc2Cl)c(Cl)c1C(=O)Nc1cccc(C2(C)NC(=O)NC2=O)c1. The van der Waals surface area contributed by atoms with Crippen LogP contribution in [0, 0.1) is 6.92 Å². The quantitative estimate of drug-likeness (QED) is 0.491. The van der Waals surface area contributed by atoms with Crippen LogP contribution in [0.25, 0.3) is 0 Å². The highest BCUT2D eigenvalue weighted by molar-refractivity contribution is 6.34. The lowest BCUT2D eigenvalue weighted by Crippen LogP contribution is -2.40. The normalized spacial score (nSPS) is 17.8. The van der Waals surface area contributed by atoms with Gasteiger partial charge in [-0.25, -0.2) is 9.48 Å². The molecule has 164 valence electrons. The van der Waals surface area contributed by atoms with Gasteiger partial charge in [-0.05, 0) is 43.2 Å². The third kappa shape index (κ3) is 3.94. The Morgan fingerprint density at radius 1 is 1.16 bits per heavy atom. The van der Waals surface area contributed by atoms with E-state index in [1.807, 2.05) is 18.2 Å². The molecular formula is C22H19Cl2N5O3. The maximum Gasteiger partial charge on any atom is 0.322 e. The van der Waals surface area contributed by atoms with Gasteiger partial charge in [-0.2, -0.15) is 5.10 Å². The molecule has 4 amide bonds. The van der Waals surface area contributed by atoms with Gasteiger partial charge in [0.15, 0.2) is 0 Å². The zero-order chi connectivity index (χ0) is 23.0. The molecule has 3 N–H and O–H groups in total. The molecule has 0 saturated carbocycles. The fourth-order valence-electron chi connectivity index (χ4n) is 3.55. The summed E-state index contributed by atoms with van der Waals surface area (Å²) in [5.74, 6) is -0.911. The first-order chi connectivity index (χ1) is 15.2. The number of carbonyl (C=O) groups is 3. The van der Waals surface area contributed by atoms with Crippen LogP contribution in [0.5, 0.6) is 0 Å². The minimum absolute atomic E-state index is 0.186. The van der Waals surface area contributed by atoms with Crippen molar-refractivity contribution in [1.29, 1.82) is 0 Å². The number of halogens is 2. The summed E-state index contributed by atoms with van der Waals surface area (Å²) in [5, 5.41) is 12.8. The van der Waals surface area contributed by atoms with E-state index in [9.17, 15) is 14.4 Å². The minimum atomic E-state index is -1.23. The summed E-state index contributed by atoms with van der Waals surface area (Å²) in [4.78, 5) is 36.8. The van der Waals surface area contributed by atoms with E-state index in [4.69, 9.17) is 23.2 Å². The molecule has 4 rings (SSSR count). The molecule has 1 aliphatic rings. The Hall–Kier alpha value is -3.36. The molecule has 0 radical (unpaired) electrons. The molecule has 1 aliphatic heterocycles. The molecular weight excluding hydrogens is 453 g/mol. The molecule has 1 unspecified atom stereocenters. The Morgan fingerprint density at radius 2 is 1.91 bits per heavy atom. The number of anilines is 1. The van der Waals surface area contributed by atoms with E-state index < -0.39 is 23.4 Å². The van der Waals surface area contributed by atoms with Crippen molar-refractivity contribution in [1.82, 2.24) is 20.4 Å². The van der Waals surface area contributed by atoms with E-state index in [0.717, 1.165) is 5.56 Å². The maximum absolute atomic E-state index is 13.0. The zero-order valence-corrected chi connectivity index (χ0v) is 18.7. The Morgan fingerprint density at radius 3 is 2.59 bits per heavy atom. The number of nitrogens with zero attached hydrogens (tertiary/aromatic N) is 2. The highest BCUT2D eigenvalue weighted by Gasteiger charge is 2.43. The number of amides is 4. The lowest BCUT2D eigenvalue weighted by Gasteiger charge is -2.21. The Kier molecular flexibility index (Phi) is 5.66. The van der Waals surface area contributed by atoms with Crippen molar-refractivity contribution < 1.29 is 14.4 Å². The Bertz CT molecular complexity index is 1260. The van der Waals surface area contributed by atoms with E-state index in [1.54, 1.807) is 44.2 Å². The third-order valence-electron chi connectivity index (χ3n) is 5.31. The Labute approximate surface area is 193 Å². The number of benzene rings is 2.